The Morgan fingerprint density at radius 1 is 1.12 bits per heavy atom. The lowest BCUT2D eigenvalue weighted by atomic mass is 9.88. The average molecular weight is 445 g/mol. The number of amides is 2. The first-order valence-electron chi connectivity index (χ1n) is 12.1. The molecule has 8 heteroatoms. The van der Waals surface area contributed by atoms with Gasteiger partial charge >= 0.3 is 5.97 Å². The fourth-order valence-electron chi connectivity index (χ4n) is 4.46. The second-order valence-electron chi connectivity index (χ2n) is 8.92. The molecule has 1 fully saturated rings. The van der Waals surface area contributed by atoms with E-state index in [-0.39, 0.29) is 30.7 Å². The molecule has 1 aliphatic carbocycles. The standard InChI is InChI=1S/C24H36N4O4/c29-21(11-5-4-10-19-13-12-17-9-6-15-26-22(17)27-19)25-16-14-20(24(31)32)28-23(30)18-7-2-1-3-8-18/h12-13,18,20H,1-11,14-16H2,(H,25,29)(H,26,27)(H,28,30)(H,31,32). The Morgan fingerprint density at radius 3 is 2.72 bits per heavy atom. The molecule has 1 atom stereocenters. The number of hydrogen-bond donors (Lipinski definition) is 4. The van der Waals surface area contributed by atoms with Crippen LogP contribution in [0.15, 0.2) is 12.1 Å². The van der Waals surface area contributed by atoms with Crippen LogP contribution in [0.3, 0.4) is 0 Å². The van der Waals surface area contributed by atoms with Crippen molar-refractivity contribution in [2.24, 2.45) is 5.92 Å². The van der Waals surface area contributed by atoms with Gasteiger partial charge < -0.3 is 21.1 Å². The predicted molar refractivity (Wildman–Crippen MR) is 122 cm³/mol. The molecule has 0 saturated heterocycles. The van der Waals surface area contributed by atoms with Crippen molar-refractivity contribution in [3.05, 3.63) is 23.4 Å². The van der Waals surface area contributed by atoms with Gasteiger partial charge in [-0.2, -0.15) is 0 Å². The van der Waals surface area contributed by atoms with E-state index in [0.717, 1.165) is 82.3 Å². The largest absolute Gasteiger partial charge is 0.480 e. The van der Waals surface area contributed by atoms with Crippen LogP contribution in [-0.4, -0.2) is 47.0 Å². The summed E-state index contributed by atoms with van der Waals surface area (Å²) in [5, 5.41) is 18.2. The molecule has 2 aliphatic rings. The number of fused-ring (bicyclic) bond motifs is 1. The third kappa shape index (κ3) is 7.50. The minimum atomic E-state index is -1.06. The number of carbonyl (C=O) groups is 3. The second kappa shape index (κ2) is 12.4. The van der Waals surface area contributed by atoms with E-state index in [1.807, 2.05) is 0 Å². The van der Waals surface area contributed by atoms with Crippen LogP contribution in [0.5, 0.6) is 0 Å². The smallest absolute Gasteiger partial charge is 0.326 e. The molecule has 8 nitrogen and oxygen atoms in total. The minimum Gasteiger partial charge on any atom is -0.480 e. The highest BCUT2D eigenvalue weighted by Crippen LogP contribution is 2.24. The SMILES string of the molecule is O=C(CCCCc1ccc2c(n1)NCCC2)NCCC(NC(=O)C1CCCCC1)C(=O)O. The number of aryl methyl sites for hydroxylation is 2. The number of aliphatic carboxylic acids is 1. The van der Waals surface area contributed by atoms with Gasteiger partial charge in [0.1, 0.15) is 11.9 Å². The summed E-state index contributed by atoms with van der Waals surface area (Å²) in [5.41, 5.74) is 2.31. The van der Waals surface area contributed by atoms with E-state index in [1.165, 1.54) is 5.56 Å². The number of aromatic nitrogens is 1. The zero-order valence-corrected chi connectivity index (χ0v) is 18.8. The summed E-state index contributed by atoms with van der Waals surface area (Å²) >= 11 is 0. The normalized spacial score (nSPS) is 17.0. The quantitative estimate of drug-likeness (QED) is 0.390. The summed E-state index contributed by atoms with van der Waals surface area (Å²) < 4.78 is 0. The fourth-order valence-corrected chi connectivity index (χ4v) is 4.46. The third-order valence-corrected chi connectivity index (χ3v) is 6.38. The van der Waals surface area contributed by atoms with Crippen LogP contribution in [0.4, 0.5) is 5.82 Å². The molecule has 32 heavy (non-hydrogen) atoms. The Kier molecular flexibility index (Phi) is 9.31. The van der Waals surface area contributed by atoms with Crippen LogP contribution in [-0.2, 0) is 27.2 Å². The Balaban J connectivity index is 1.30. The summed E-state index contributed by atoms with van der Waals surface area (Å²) in [6.07, 6.45) is 10.1. The van der Waals surface area contributed by atoms with E-state index in [2.05, 4.69) is 33.1 Å². The van der Waals surface area contributed by atoms with Gasteiger partial charge in [0.05, 0.1) is 0 Å². The van der Waals surface area contributed by atoms with Crippen molar-refractivity contribution < 1.29 is 19.5 Å². The fraction of sp³-hybridized carbons (Fsp3) is 0.667. The van der Waals surface area contributed by atoms with Gasteiger partial charge in [-0.15, -0.1) is 0 Å². The summed E-state index contributed by atoms with van der Waals surface area (Å²) in [6.45, 7) is 1.20. The summed E-state index contributed by atoms with van der Waals surface area (Å²) in [4.78, 5) is 40.6. The zero-order valence-electron chi connectivity index (χ0n) is 18.8. The molecular formula is C24H36N4O4. The molecule has 176 valence electrons. The van der Waals surface area contributed by atoms with Gasteiger partial charge in [-0.1, -0.05) is 25.3 Å². The molecule has 1 unspecified atom stereocenters. The molecule has 0 spiro atoms. The third-order valence-electron chi connectivity index (χ3n) is 6.38. The van der Waals surface area contributed by atoms with Crippen LogP contribution >= 0.6 is 0 Å². The van der Waals surface area contributed by atoms with Crippen molar-refractivity contribution in [1.29, 1.82) is 0 Å². The maximum atomic E-state index is 12.3. The van der Waals surface area contributed by atoms with E-state index in [1.54, 1.807) is 0 Å². The molecule has 3 rings (SSSR count). The topological polar surface area (TPSA) is 120 Å². The number of carboxylic acids is 1. The van der Waals surface area contributed by atoms with Crippen LogP contribution in [0.25, 0.3) is 0 Å². The van der Waals surface area contributed by atoms with Gasteiger partial charge in [-0.3, -0.25) is 9.59 Å². The second-order valence-corrected chi connectivity index (χ2v) is 8.92. The highest BCUT2D eigenvalue weighted by molar-refractivity contribution is 5.85. The molecule has 0 aromatic carbocycles. The van der Waals surface area contributed by atoms with E-state index >= 15 is 0 Å². The van der Waals surface area contributed by atoms with E-state index in [9.17, 15) is 19.5 Å². The van der Waals surface area contributed by atoms with Crippen molar-refractivity contribution in [2.45, 2.75) is 83.1 Å². The number of pyridine rings is 1. The number of nitrogens with one attached hydrogen (secondary N) is 3. The molecule has 2 amide bonds. The number of rotatable bonds is 11. The van der Waals surface area contributed by atoms with Crippen LogP contribution < -0.4 is 16.0 Å². The van der Waals surface area contributed by atoms with E-state index in [0.29, 0.717) is 6.42 Å². The number of carbonyl (C=O) groups excluding carboxylic acids is 2. The van der Waals surface area contributed by atoms with Crippen molar-refractivity contribution in [3.8, 4) is 0 Å². The number of anilines is 1. The molecule has 1 aromatic heterocycles. The number of carboxylic acid groups (broad SMARTS) is 1. The highest BCUT2D eigenvalue weighted by atomic mass is 16.4. The van der Waals surface area contributed by atoms with Crippen molar-refractivity contribution in [2.75, 3.05) is 18.4 Å². The summed E-state index contributed by atoms with van der Waals surface area (Å²) in [5.74, 6) is -0.409. The Hall–Kier alpha value is -2.64. The molecule has 1 saturated carbocycles. The van der Waals surface area contributed by atoms with E-state index < -0.39 is 12.0 Å². The highest BCUT2D eigenvalue weighted by Gasteiger charge is 2.26. The number of nitrogens with zero attached hydrogens (tertiary/aromatic N) is 1. The predicted octanol–water partition coefficient (Wildman–Crippen LogP) is 2.81. The first-order chi connectivity index (χ1) is 15.5. The Morgan fingerprint density at radius 2 is 1.94 bits per heavy atom. The lowest BCUT2D eigenvalue weighted by Gasteiger charge is -2.23. The molecule has 0 radical (unpaired) electrons. The van der Waals surface area contributed by atoms with Gasteiger partial charge in [-0.25, -0.2) is 9.78 Å². The van der Waals surface area contributed by atoms with E-state index in [4.69, 9.17) is 0 Å². The molecular weight excluding hydrogens is 408 g/mol. The molecule has 1 aromatic rings. The Bertz CT molecular complexity index is 792. The lowest BCUT2D eigenvalue weighted by Crippen LogP contribution is -2.45. The van der Waals surface area contributed by atoms with Gasteiger partial charge in [0.25, 0.3) is 0 Å². The van der Waals surface area contributed by atoms with Gasteiger partial charge in [-0.05, 0) is 63.0 Å². The maximum Gasteiger partial charge on any atom is 0.326 e. The Labute approximate surface area is 190 Å². The van der Waals surface area contributed by atoms with Crippen molar-refractivity contribution in [3.63, 3.8) is 0 Å². The lowest BCUT2D eigenvalue weighted by molar-refractivity contribution is -0.143. The van der Waals surface area contributed by atoms with Gasteiger partial charge in [0.2, 0.25) is 11.8 Å². The summed E-state index contributed by atoms with van der Waals surface area (Å²) in [7, 11) is 0. The first kappa shape index (κ1) is 24.0. The minimum absolute atomic E-state index is 0.0828. The van der Waals surface area contributed by atoms with Crippen LogP contribution in [0.2, 0.25) is 0 Å². The van der Waals surface area contributed by atoms with Crippen LogP contribution in [0.1, 0.15) is 75.5 Å². The molecule has 4 N–H and O–H groups in total. The maximum absolute atomic E-state index is 12.3. The molecule has 1 aliphatic heterocycles. The number of unbranched alkanes of at least 4 members (excludes halogenated alkanes) is 1. The average Bonchev–Trinajstić information content (AvgIpc) is 2.81. The number of hydrogen-bond acceptors (Lipinski definition) is 5. The molecule has 2 heterocycles. The zero-order chi connectivity index (χ0) is 22.8. The van der Waals surface area contributed by atoms with Gasteiger partial charge in [0, 0.05) is 31.1 Å². The van der Waals surface area contributed by atoms with Crippen molar-refractivity contribution in [1.82, 2.24) is 15.6 Å². The van der Waals surface area contributed by atoms with Crippen molar-refractivity contribution >= 4 is 23.6 Å². The summed E-state index contributed by atoms with van der Waals surface area (Å²) in [6, 6.07) is 3.25. The monoisotopic (exact) mass is 444 g/mol. The van der Waals surface area contributed by atoms with Crippen LogP contribution in [0, 0.1) is 5.92 Å². The first-order valence-corrected chi connectivity index (χ1v) is 12.1. The molecule has 0 bridgehead atoms. The van der Waals surface area contributed by atoms with Gasteiger partial charge in [0.15, 0.2) is 0 Å².